The van der Waals surface area contributed by atoms with Gasteiger partial charge in [0.2, 0.25) is 0 Å². The van der Waals surface area contributed by atoms with Gasteiger partial charge in [0.05, 0.1) is 30.7 Å². The molecule has 0 unspecified atom stereocenters. The van der Waals surface area contributed by atoms with Crippen molar-refractivity contribution >= 4 is 36.6 Å². The van der Waals surface area contributed by atoms with Crippen molar-refractivity contribution in [2.24, 2.45) is 0 Å². The van der Waals surface area contributed by atoms with E-state index in [0.29, 0.717) is 12.1 Å². The fourth-order valence-electron chi connectivity index (χ4n) is 4.69. The van der Waals surface area contributed by atoms with E-state index < -0.39 is 14.0 Å². The van der Waals surface area contributed by atoms with Gasteiger partial charge in [-0.2, -0.15) is 16.9 Å². The molecule has 0 amide bonds. The summed E-state index contributed by atoms with van der Waals surface area (Å²) in [6, 6.07) is 18.4. The largest absolute Gasteiger partial charge is 0.495 e. The summed E-state index contributed by atoms with van der Waals surface area (Å²) in [5, 5.41) is 6.30. The van der Waals surface area contributed by atoms with Gasteiger partial charge < -0.3 is 9.47 Å². The van der Waals surface area contributed by atoms with Gasteiger partial charge in [0, 0.05) is 23.2 Å². The number of fused-ring (bicyclic) bond motifs is 1. The highest BCUT2D eigenvalue weighted by molar-refractivity contribution is 7.98. The Balaban J connectivity index is 1.91. The molecule has 6 nitrogen and oxygen atoms in total. The predicted molar refractivity (Wildman–Crippen MR) is 155 cm³/mol. The van der Waals surface area contributed by atoms with Gasteiger partial charge >= 0.3 is 5.97 Å². The van der Waals surface area contributed by atoms with Gasteiger partial charge in [-0.05, 0) is 54.7 Å². The van der Waals surface area contributed by atoms with Crippen LogP contribution >= 0.6 is 11.8 Å². The van der Waals surface area contributed by atoms with Crippen molar-refractivity contribution in [3.63, 3.8) is 0 Å². The number of hydrogen-bond acceptors (Lipinski definition) is 6. The Morgan fingerprint density at radius 1 is 1.05 bits per heavy atom. The van der Waals surface area contributed by atoms with Crippen LogP contribution in [-0.2, 0) is 17.6 Å². The lowest BCUT2D eigenvalue weighted by molar-refractivity contribution is 0.0593. The van der Waals surface area contributed by atoms with Crippen molar-refractivity contribution in [3.8, 4) is 17.0 Å². The standard InChI is InChI=1S/C29H35N3O3SSi/c1-34-26-15-14-25-23(19-22-17-20(11-10-16-36-3)18-24(30-22)29(33)35-2)27(21-12-8-7-9-13-21)31-32(25)28(26)37(4,5)6/h7-9,12-15,17-18H,10-11,16,19H2,1-6H3. The highest BCUT2D eigenvalue weighted by Crippen LogP contribution is 2.30. The number of carbonyl (C=O) groups is 1. The number of benzene rings is 1. The highest BCUT2D eigenvalue weighted by atomic mass is 32.2. The highest BCUT2D eigenvalue weighted by Gasteiger charge is 2.28. The molecule has 8 heteroatoms. The molecule has 0 aliphatic rings. The Kier molecular flexibility index (Phi) is 8.39. The van der Waals surface area contributed by atoms with Crippen molar-refractivity contribution < 1.29 is 14.3 Å². The molecule has 0 bridgehead atoms. The molecule has 0 saturated heterocycles. The molecule has 194 valence electrons. The lowest BCUT2D eigenvalue weighted by Gasteiger charge is -2.21. The topological polar surface area (TPSA) is 65.7 Å². The van der Waals surface area contributed by atoms with Gasteiger partial charge in [-0.3, -0.25) is 0 Å². The minimum absolute atomic E-state index is 0.348. The summed E-state index contributed by atoms with van der Waals surface area (Å²) in [5.74, 6) is 1.52. The van der Waals surface area contributed by atoms with E-state index in [0.717, 1.165) is 63.3 Å². The van der Waals surface area contributed by atoms with E-state index in [4.69, 9.17) is 19.6 Å². The first-order chi connectivity index (χ1) is 17.8. The van der Waals surface area contributed by atoms with E-state index in [1.165, 1.54) is 7.11 Å². The molecule has 37 heavy (non-hydrogen) atoms. The normalized spacial score (nSPS) is 11.6. The molecule has 0 aliphatic carbocycles. The molecule has 3 aromatic heterocycles. The number of methoxy groups -OCH3 is 2. The first-order valence-corrected chi connectivity index (χ1v) is 17.4. The van der Waals surface area contributed by atoms with E-state index >= 15 is 0 Å². The predicted octanol–water partition coefficient (Wildman–Crippen LogP) is 5.62. The maximum absolute atomic E-state index is 12.5. The number of aryl methyl sites for hydroxylation is 1. The molecule has 4 aromatic rings. The lowest BCUT2D eigenvalue weighted by atomic mass is 10.0. The molecular formula is C29H35N3O3SSi. The van der Waals surface area contributed by atoms with E-state index in [-0.39, 0.29) is 0 Å². The van der Waals surface area contributed by atoms with Crippen LogP contribution in [-0.4, -0.2) is 54.9 Å². The first kappa shape index (κ1) is 26.9. The Morgan fingerprint density at radius 2 is 1.81 bits per heavy atom. The SMILES string of the molecule is COC(=O)c1cc(CCCSC)cc(Cc2c(-c3ccccc3)nn3c([Si](C)(C)C)c(OC)ccc23)n1. The fourth-order valence-corrected chi connectivity index (χ4v) is 6.86. The molecule has 3 heterocycles. The monoisotopic (exact) mass is 533 g/mol. The number of hydrogen-bond donors (Lipinski definition) is 0. The third-order valence-electron chi connectivity index (χ3n) is 6.34. The van der Waals surface area contributed by atoms with Crippen molar-refractivity contribution in [1.29, 1.82) is 0 Å². The number of esters is 1. The van der Waals surface area contributed by atoms with Crippen LogP contribution in [0.25, 0.3) is 16.8 Å². The Bertz CT molecular complexity index is 1400. The Labute approximate surface area is 224 Å². The number of thioether (sulfide) groups is 1. The van der Waals surface area contributed by atoms with Crippen molar-refractivity contribution in [2.75, 3.05) is 26.2 Å². The summed E-state index contributed by atoms with van der Waals surface area (Å²) in [6.07, 6.45) is 4.58. The van der Waals surface area contributed by atoms with Crippen LogP contribution in [0.4, 0.5) is 0 Å². The summed E-state index contributed by atoms with van der Waals surface area (Å²) in [7, 11) is 1.29. The van der Waals surface area contributed by atoms with Crippen LogP contribution < -0.4 is 10.1 Å². The molecule has 0 spiro atoms. The van der Waals surface area contributed by atoms with Crippen LogP contribution in [0.1, 0.15) is 33.7 Å². The number of aromatic nitrogens is 3. The summed E-state index contributed by atoms with van der Waals surface area (Å²) in [6.45, 7) is 6.91. The van der Waals surface area contributed by atoms with Gasteiger partial charge in [0.25, 0.3) is 0 Å². The van der Waals surface area contributed by atoms with E-state index in [1.54, 1.807) is 7.11 Å². The second-order valence-corrected chi connectivity index (χ2v) is 16.1. The molecule has 1 aromatic carbocycles. The Hall–Kier alpha value is -3.10. The second-order valence-electron chi connectivity index (χ2n) is 10.1. The van der Waals surface area contributed by atoms with Crippen molar-refractivity contribution in [1.82, 2.24) is 14.6 Å². The van der Waals surface area contributed by atoms with E-state index in [1.807, 2.05) is 36.0 Å². The lowest BCUT2D eigenvalue weighted by Crippen LogP contribution is -2.43. The summed E-state index contributed by atoms with van der Waals surface area (Å²) >= 11 is 1.83. The molecule has 0 fully saturated rings. The Morgan fingerprint density at radius 3 is 2.46 bits per heavy atom. The minimum atomic E-state index is -1.83. The van der Waals surface area contributed by atoms with Gasteiger partial charge in [-0.25, -0.2) is 14.3 Å². The van der Waals surface area contributed by atoms with Crippen LogP contribution in [0, 0.1) is 0 Å². The van der Waals surface area contributed by atoms with Gasteiger partial charge in [-0.1, -0.05) is 50.0 Å². The fraction of sp³-hybridized carbons (Fsp3) is 0.345. The third kappa shape index (κ3) is 5.91. The number of ether oxygens (including phenoxy) is 2. The van der Waals surface area contributed by atoms with Crippen molar-refractivity contribution in [2.45, 2.75) is 38.9 Å². The average molecular weight is 534 g/mol. The quantitative estimate of drug-likeness (QED) is 0.150. The van der Waals surface area contributed by atoms with Crippen LogP contribution in [0.2, 0.25) is 19.6 Å². The zero-order chi connectivity index (χ0) is 26.6. The van der Waals surface area contributed by atoms with E-state index in [9.17, 15) is 4.79 Å². The van der Waals surface area contributed by atoms with Crippen LogP contribution in [0.5, 0.6) is 5.75 Å². The minimum Gasteiger partial charge on any atom is -0.495 e. The maximum atomic E-state index is 12.5. The van der Waals surface area contributed by atoms with E-state index in [2.05, 4.69) is 60.7 Å². The molecule has 0 aliphatic heterocycles. The van der Waals surface area contributed by atoms with Crippen LogP contribution in [0.15, 0.2) is 54.6 Å². The maximum Gasteiger partial charge on any atom is 0.356 e. The number of carbonyl (C=O) groups excluding carboxylic acids is 1. The molecule has 0 radical (unpaired) electrons. The third-order valence-corrected chi connectivity index (χ3v) is 8.92. The molecule has 0 N–H and O–H groups in total. The van der Waals surface area contributed by atoms with Crippen molar-refractivity contribution in [3.05, 3.63) is 77.1 Å². The second kappa shape index (κ2) is 11.5. The average Bonchev–Trinajstić information content (AvgIpc) is 3.25. The summed E-state index contributed by atoms with van der Waals surface area (Å²) in [4.78, 5) is 17.2. The molecular weight excluding hydrogens is 498 g/mol. The number of rotatable bonds is 10. The molecule has 4 rings (SSSR count). The summed E-state index contributed by atoms with van der Waals surface area (Å²) < 4.78 is 12.9. The first-order valence-electron chi connectivity index (χ1n) is 12.5. The summed E-state index contributed by atoms with van der Waals surface area (Å²) in [5.41, 5.74) is 6.36. The van der Waals surface area contributed by atoms with Crippen LogP contribution in [0.3, 0.4) is 0 Å². The molecule has 0 atom stereocenters. The smallest absolute Gasteiger partial charge is 0.356 e. The van der Waals surface area contributed by atoms with Gasteiger partial charge in [0.1, 0.15) is 19.5 Å². The number of pyridine rings is 2. The number of nitrogens with zero attached hydrogens (tertiary/aromatic N) is 3. The molecule has 0 saturated carbocycles. The van der Waals surface area contributed by atoms with Gasteiger partial charge in [0.15, 0.2) is 0 Å². The van der Waals surface area contributed by atoms with Gasteiger partial charge in [-0.15, -0.1) is 0 Å². The zero-order valence-electron chi connectivity index (χ0n) is 22.5. The zero-order valence-corrected chi connectivity index (χ0v) is 24.3.